The Bertz CT molecular complexity index is 1110. The fourth-order valence-corrected chi connectivity index (χ4v) is 4.16. The number of anilines is 2. The number of thiazole rings is 1. The van der Waals surface area contributed by atoms with Crippen LogP contribution in [0.25, 0.3) is 16.3 Å². The first-order valence-electron chi connectivity index (χ1n) is 10.3. The quantitative estimate of drug-likeness (QED) is 0.532. The first-order chi connectivity index (χ1) is 15.6. The van der Waals surface area contributed by atoms with Crippen LogP contribution in [0.5, 0.6) is 0 Å². The summed E-state index contributed by atoms with van der Waals surface area (Å²) in [7, 11) is 0. The number of carbonyl (C=O) groups is 2. The van der Waals surface area contributed by atoms with E-state index in [1.807, 2.05) is 24.3 Å². The lowest BCUT2D eigenvalue weighted by Gasteiger charge is -2.26. The molecule has 2 heterocycles. The molecule has 1 aliphatic rings. The minimum atomic E-state index is -0.562. The number of halogens is 1. The van der Waals surface area contributed by atoms with Crippen LogP contribution in [0.4, 0.5) is 15.8 Å². The lowest BCUT2D eigenvalue weighted by molar-refractivity contribution is -0.116. The molecule has 1 fully saturated rings. The van der Waals surface area contributed by atoms with E-state index < -0.39 is 5.82 Å². The van der Waals surface area contributed by atoms with E-state index in [4.69, 9.17) is 4.74 Å². The second-order valence-electron chi connectivity index (χ2n) is 7.29. The van der Waals surface area contributed by atoms with Gasteiger partial charge in [0.25, 0.3) is 0 Å². The molecular weight excluding hydrogens is 431 g/mol. The number of rotatable bonds is 7. The number of para-hydroxylation sites is 1. The first-order valence-corrected chi connectivity index (χ1v) is 11.1. The molecule has 0 radical (unpaired) electrons. The molecule has 2 amide bonds. The van der Waals surface area contributed by atoms with E-state index in [-0.39, 0.29) is 23.9 Å². The second kappa shape index (κ2) is 10.4. The van der Waals surface area contributed by atoms with E-state index in [0.29, 0.717) is 30.5 Å². The van der Waals surface area contributed by atoms with Crippen LogP contribution in [0, 0.1) is 5.82 Å². The molecule has 1 aromatic heterocycles. The normalized spacial score (nSPS) is 14.7. The van der Waals surface area contributed by atoms with Crippen LogP contribution in [0.3, 0.4) is 0 Å². The van der Waals surface area contributed by atoms with Gasteiger partial charge in [-0.15, -0.1) is 11.3 Å². The highest BCUT2D eigenvalue weighted by atomic mass is 32.1. The Morgan fingerprint density at radius 1 is 1.16 bits per heavy atom. The van der Waals surface area contributed by atoms with Crippen molar-refractivity contribution in [2.75, 3.05) is 43.5 Å². The largest absolute Gasteiger partial charge is 0.379 e. The first kappa shape index (κ1) is 22.1. The number of aromatic nitrogens is 1. The van der Waals surface area contributed by atoms with Gasteiger partial charge >= 0.3 is 0 Å². The number of nitrogens with zero attached hydrogens (tertiary/aromatic N) is 2. The van der Waals surface area contributed by atoms with Gasteiger partial charge in [0, 0.05) is 37.8 Å². The summed E-state index contributed by atoms with van der Waals surface area (Å²) in [5.74, 6) is -1.22. The Balaban J connectivity index is 1.33. The zero-order valence-electron chi connectivity index (χ0n) is 17.3. The summed E-state index contributed by atoms with van der Waals surface area (Å²) in [5, 5.41) is 5.98. The van der Waals surface area contributed by atoms with Crippen LogP contribution in [0.1, 0.15) is 11.4 Å². The lowest BCUT2D eigenvalue weighted by atomic mass is 10.2. The molecule has 4 rings (SSSR count). The van der Waals surface area contributed by atoms with Crippen LogP contribution < -0.4 is 10.6 Å². The monoisotopic (exact) mass is 454 g/mol. The van der Waals surface area contributed by atoms with Crippen molar-refractivity contribution in [3.63, 3.8) is 0 Å². The van der Waals surface area contributed by atoms with Gasteiger partial charge in [-0.25, -0.2) is 9.37 Å². The van der Waals surface area contributed by atoms with Crippen LogP contribution in [0.2, 0.25) is 0 Å². The Labute approximate surface area is 188 Å². The van der Waals surface area contributed by atoms with Gasteiger partial charge in [0.05, 0.1) is 29.1 Å². The molecule has 2 aromatic carbocycles. The summed E-state index contributed by atoms with van der Waals surface area (Å²) in [6, 6.07) is 11.8. The minimum Gasteiger partial charge on any atom is -0.379 e. The molecule has 0 atom stereocenters. The third kappa shape index (κ3) is 5.97. The molecule has 0 saturated carbocycles. The van der Waals surface area contributed by atoms with E-state index in [1.54, 1.807) is 6.08 Å². The van der Waals surface area contributed by atoms with Crippen molar-refractivity contribution in [1.29, 1.82) is 0 Å². The molecule has 7 nitrogen and oxygen atoms in total. The summed E-state index contributed by atoms with van der Waals surface area (Å²) < 4.78 is 20.5. The predicted molar refractivity (Wildman–Crippen MR) is 124 cm³/mol. The molecular formula is C23H23FN4O3S. The number of hydrogen-bond acceptors (Lipinski definition) is 6. The molecule has 1 aliphatic heterocycles. The highest BCUT2D eigenvalue weighted by molar-refractivity contribution is 7.19. The topological polar surface area (TPSA) is 83.6 Å². The third-order valence-corrected chi connectivity index (χ3v) is 5.96. The zero-order chi connectivity index (χ0) is 22.3. The van der Waals surface area contributed by atoms with Crippen molar-refractivity contribution in [3.8, 4) is 0 Å². The van der Waals surface area contributed by atoms with Crippen LogP contribution >= 0.6 is 11.3 Å². The molecule has 32 heavy (non-hydrogen) atoms. The standard InChI is InChI=1S/C23H23FN4O3S/c24-17-6-5-16(15-19(17)26-22(30)9-10-28-11-13-31-14-12-28)25-21(29)7-8-23-27-18-3-1-2-4-20(18)32-23/h1-8,15H,9-14H2,(H,25,29)(H,26,30)/b8-7+. The maximum absolute atomic E-state index is 14.2. The summed E-state index contributed by atoms with van der Waals surface area (Å²) in [4.78, 5) is 31.1. The van der Waals surface area contributed by atoms with Gasteiger partial charge in [-0.3, -0.25) is 14.5 Å². The molecule has 0 spiro atoms. The minimum absolute atomic E-state index is 0.0323. The maximum atomic E-state index is 14.2. The average molecular weight is 455 g/mol. The number of amides is 2. The molecule has 0 bridgehead atoms. The molecule has 2 N–H and O–H groups in total. The molecule has 9 heteroatoms. The van der Waals surface area contributed by atoms with Gasteiger partial charge in [-0.2, -0.15) is 0 Å². The Morgan fingerprint density at radius 3 is 2.78 bits per heavy atom. The van der Waals surface area contributed by atoms with Crippen molar-refractivity contribution in [2.45, 2.75) is 6.42 Å². The smallest absolute Gasteiger partial charge is 0.248 e. The zero-order valence-corrected chi connectivity index (χ0v) is 18.2. The molecule has 0 unspecified atom stereocenters. The highest BCUT2D eigenvalue weighted by Crippen LogP contribution is 2.23. The van der Waals surface area contributed by atoms with Gasteiger partial charge in [0.15, 0.2) is 0 Å². The number of benzene rings is 2. The Kier molecular flexibility index (Phi) is 7.21. The highest BCUT2D eigenvalue weighted by Gasteiger charge is 2.14. The van der Waals surface area contributed by atoms with Gasteiger partial charge < -0.3 is 15.4 Å². The Hall–Kier alpha value is -3.14. The van der Waals surface area contributed by atoms with Crippen LogP contribution in [0.15, 0.2) is 48.5 Å². The summed E-state index contributed by atoms with van der Waals surface area (Å²) in [6.45, 7) is 3.47. The number of fused-ring (bicyclic) bond motifs is 1. The molecule has 0 aliphatic carbocycles. The van der Waals surface area contributed by atoms with Crippen LogP contribution in [-0.4, -0.2) is 54.5 Å². The number of morpholine rings is 1. The van der Waals surface area contributed by atoms with Crippen molar-refractivity contribution < 1.29 is 18.7 Å². The summed E-state index contributed by atoms with van der Waals surface area (Å²) in [6.07, 6.45) is 3.26. The number of ether oxygens (including phenoxy) is 1. The summed E-state index contributed by atoms with van der Waals surface area (Å²) >= 11 is 1.49. The van der Waals surface area contributed by atoms with Crippen molar-refractivity contribution in [1.82, 2.24) is 9.88 Å². The lowest BCUT2D eigenvalue weighted by Crippen LogP contribution is -2.38. The number of carbonyl (C=O) groups excluding carboxylic acids is 2. The van der Waals surface area contributed by atoms with Crippen molar-refractivity contribution in [2.24, 2.45) is 0 Å². The van der Waals surface area contributed by atoms with Gasteiger partial charge in [-0.05, 0) is 36.4 Å². The molecule has 1 saturated heterocycles. The fraction of sp³-hybridized carbons (Fsp3) is 0.261. The SMILES string of the molecule is O=C(/C=C/c1nc2ccccc2s1)Nc1ccc(F)c(NC(=O)CCN2CCOCC2)c1. The average Bonchev–Trinajstić information content (AvgIpc) is 3.22. The maximum Gasteiger partial charge on any atom is 0.248 e. The molecule has 3 aromatic rings. The van der Waals surface area contributed by atoms with Crippen LogP contribution in [-0.2, 0) is 14.3 Å². The Morgan fingerprint density at radius 2 is 1.97 bits per heavy atom. The van der Waals surface area contributed by atoms with Gasteiger partial charge in [0.2, 0.25) is 11.8 Å². The van der Waals surface area contributed by atoms with Gasteiger partial charge in [0.1, 0.15) is 10.8 Å². The molecule has 166 valence electrons. The van der Waals surface area contributed by atoms with E-state index in [1.165, 1.54) is 35.6 Å². The van der Waals surface area contributed by atoms with Crippen molar-refractivity contribution >= 4 is 50.8 Å². The third-order valence-electron chi connectivity index (χ3n) is 4.95. The second-order valence-corrected chi connectivity index (χ2v) is 8.35. The fourth-order valence-electron chi connectivity index (χ4n) is 3.29. The van der Waals surface area contributed by atoms with E-state index >= 15 is 0 Å². The van der Waals surface area contributed by atoms with Crippen molar-refractivity contribution in [3.05, 3.63) is 59.4 Å². The predicted octanol–water partition coefficient (Wildman–Crippen LogP) is 3.75. The number of hydrogen-bond donors (Lipinski definition) is 2. The van der Waals surface area contributed by atoms with E-state index in [9.17, 15) is 14.0 Å². The van der Waals surface area contributed by atoms with E-state index in [0.717, 1.165) is 23.3 Å². The van der Waals surface area contributed by atoms with Gasteiger partial charge in [-0.1, -0.05) is 12.1 Å². The van der Waals surface area contributed by atoms with E-state index in [2.05, 4.69) is 20.5 Å². The summed E-state index contributed by atoms with van der Waals surface area (Å²) in [5.41, 5.74) is 1.30. The number of nitrogens with one attached hydrogen (secondary N) is 2.